The van der Waals surface area contributed by atoms with Crippen molar-refractivity contribution >= 4 is 40.5 Å². The zero-order valence-electron chi connectivity index (χ0n) is 8.83. The van der Waals surface area contributed by atoms with Crippen LogP contribution in [-0.4, -0.2) is 51.4 Å². The maximum atomic E-state index is 9.28. The zero-order chi connectivity index (χ0) is 10.2. The van der Waals surface area contributed by atoms with Gasteiger partial charge >= 0.3 is 0 Å². The first-order valence-corrected chi connectivity index (χ1v) is 3.57. The molecule has 1 aliphatic carbocycles. The van der Waals surface area contributed by atoms with E-state index in [1.807, 2.05) is 0 Å². The molecule has 0 amide bonds. The summed E-state index contributed by atoms with van der Waals surface area (Å²) in [4.78, 5) is 0. The van der Waals surface area contributed by atoms with Crippen LogP contribution in [0.15, 0.2) is 11.6 Å². The van der Waals surface area contributed by atoms with Crippen molar-refractivity contribution in [1.82, 2.24) is 0 Å². The second-order valence-electron chi connectivity index (χ2n) is 2.80. The third-order valence-corrected chi connectivity index (χ3v) is 1.94. The molecule has 5 atom stereocenters. The normalized spacial score (nSPS) is 37.1. The van der Waals surface area contributed by atoms with Crippen molar-refractivity contribution in [3.05, 3.63) is 11.6 Å². The first-order valence-electron chi connectivity index (χ1n) is 4.14. The molecule has 15 heavy (non-hydrogen) atoms. The fourth-order valence-electron chi connectivity index (χ4n) is 1.15. The number of hydrogen-bond donors (Lipinski definition) is 5. The van der Waals surface area contributed by atoms with Gasteiger partial charge in [0, 0.05) is 0 Å². The van der Waals surface area contributed by atoms with Crippen molar-refractivity contribution in [2.24, 2.45) is 5.73 Å². The molecule has 0 spiro atoms. The van der Waals surface area contributed by atoms with Crippen LogP contribution in [0, 0.1) is 0 Å². The molecule has 1 rings (SSSR count). The highest BCUT2D eigenvalue weighted by molar-refractivity contribution is 7.59. The van der Waals surface area contributed by atoms with Crippen molar-refractivity contribution in [2.45, 2.75) is 24.4 Å². The Morgan fingerprint density at radius 2 is 1.67 bits per heavy atom. The van der Waals surface area contributed by atoms with Crippen molar-refractivity contribution in [2.75, 3.05) is 6.58 Å². The summed E-state index contributed by atoms with van der Waals surface area (Å²) in [6, 6.07) is -0.867. The van der Waals surface area contributed by atoms with Crippen molar-refractivity contribution in [1.29, 1.82) is 0 Å². The highest BCUT2D eigenvalue weighted by atomic mass is 32.1. The lowest BCUT2D eigenvalue weighted by atomic mass is 9.89. The molecule has 8 heteroatoms. The standard InChI is InChI=1S/C7H13NO4.3H2S/c8-4-1-3(2-9)5(10)7(12)6(4)11;;;/h1,4-7,9-12H,2,8H2;3*1H2/t4?,5?,6?,7-;;;/m0.../s1/i2T;;;/t2?,4?,5?,6?,7-;;;. The summed E-state index contributed by atoms with van der Waals surface area (Å²) in [5.74, 6) is 0. The van der Waals surface area contributed by atoms with E-state index in [0.29, 0.717) is 0 Å². The molecular formula is C7H19NO4S3. The van der Waals surface area contributed by atoms with Crippen LogP contribution in [-0.2, 0) is 0 Å². The molecule has 0 aromatic rings. The molecule has 0 radical (unpaired) electrons. The Labute approximate surface area is 111 Å². The van der Waals surface area contributed by atoms with E-state index in [1.54, 1.807) is 0 Å². The summed E-state index contributed by atoms with van der Waals surface area (Å²) in [6.45, 7) is -1.62. The van der Waals surface area contributed by atoms with E-state index in [-0.39, 0.29) is 46.1 Å². The number of aliphatic hydroxyl groups is 4. The third kappa shape index (κ3) is 4.53. The van der Waals surface area contributed by atoms with E-state index in [9.17, 15) is 15.3 Å². The maximum absolute atomic E-state index is 9.28. The van der Waals surface area contributed by atoms with E-state index in [4.69, 9.17) is 12.2 Å². The van der Waals surface area contributed by atoms with Crippen LogP contribution >= 0.6 is 40.5 Å². The zero-order valence-corrected chi connectivity index (χ0v) is 10.8. The Hall–Kier alpha value is 0.590. The van der Waals surface area contributed by atoms with Gasteiger partial charge in [0.25, 0.3) is 0 Å². The van der Waals surface area contributed by atoms with E-state index < -0.39 is 30.9 Å². The van der Waals surface area contributed by atoms with Gasteiger partial charge in [-0.3, -0.25) is 0 Å². The van der Waals surface area contributed by atoms with Crippen molar-refractivity contribution < 1.29 is 21.8 Å². The molecule has 0 fully saturated rings. The lowest BCUT2D eigenvalue weighted by Gasteiger charge is -2.32. The summed E-state index contributed by atoms with van der Waals surface area (Å²) in [5.41, 5.74) is 5.29. The number of nitrogens with two attached hydrogens (primary N) is 1. The number of aliphatic hydroxyl groups excluding tert-OH is 4. The van der Waals surface area contributed by atoms with Gasteiger partial charge < -0.3 is 26.2 Å². The van der Waals surface area contributed by atoms with Crippen molar-refractivity contribution in [3.63, 3.8) is 0 Å². The van der Waals surface area contributed by atoms with Crippen LogP contribution in [0.25, 0.3) is 0 Å². The van der Waals surface area contributed by atoms with Gasteiger partial charge in [0.15, 0.2) is 0 Å². The minimum atomic E-state index is -1.62. The quantitative estimate of drug-likeness (QED) is 0.346. The number of rotatable bonds is 1. The SMILES string of the molecule is S.S.S.[3H]C(O)C1=CC(N)C(O)[C@@H](O)C1O. The summed E-state index contributed by atoms with van der Waals surface area (Å²) >= 11 is 0. The maximum Gasteiger partial charge on any atom is 0.111 e. The Bertz CT molecular complexity index is 232. The molecule has 0 saturated carbocycles. The van der Waals surface area contributed by atoms with E-state index in [2.05, 4.69) is 0 Å². The Morgan fingerprint density at radius 1 is 1.20 bits per heavy atom. The molecule has 0 aromatic heterocycles. The van der Waals surface area contributed by atoms with E-state index in [0.717, 1.165) is 0 Å². The summed E-state index contributed by atoms with van der Waals surface area (Å²) < 4.78 is 6.93. The van der Waals surface area contributed by atoms with Gasteiger partial charge in [-0.2, -0.15) is 40.5 Å². The van der Waals surface area contributed by atoms with Gasteiger partial charge in [-0.1, -0.05) is 6.08 Å². The lowest BCUT2D eigenvalue weighted by Crippen LogP contribution is -2.52. The molecule has 0 bridgehead atoms. The van der Waals surface area contributed by atoms with Crippen LogP contribution in [0.1, 0.15) is 1.37 Å². The molecule has 0 aromatic carbocycles. The first kappa shape index (κ1) is 18.0. The average Bonchev–Trinajstić information content (AvgIpc) is 2.07. The Kier molecular flexibility index (Phi) is 10.4. The smallest absolute Gasteiger partial charge is 0.111 e. The van der Waals surface area contributed by atoms with Crippen LogP contribution in [0.3, 0.4) is 0 Å². The lowest BCUT2D eigenvalue weighted by molar-refractivity contribution is -0.0596. The highest BCUT2D eigenvalue weighted by Crippen LogP contribution is 2.18. The fourth-order valence-corrected chi connectivity index (χ4v) is 1.15. The number of hydrogen-bond acceptors (Lipinski definition) is 5. The van der Waals surface area contributed by atoms with Crippen molar-refractivity contribution in [3.8, 4) is 0 Å². The second-order valence-corrected chi connectivity index (χ2v) is 2.80. The van der Waals surface area contributed by atoms with Gasteiger partial charge in [-0.15, -0.1) is 0 Å². The van der Waals surface area contributed by atoms with E-state index in [1.165, 1.54) is 6.08 Å². The van der Waals surface area contributed by atoms with Crippen LogP contribution in [0.4, 0.5) is 0 Å². The molecule has 94 valence electrons. The second kappa shape index (κ2) is 8.71. The predicted octanol–water partition coefficient (Wildman–Crippen LogP) is -2.33. The molecule has 0 aliphatic heterocycles. The molecule has 0 saturated heterocycles. The monoisotopic (exact) mass is 279 g/mol. The van der Waals surface area contributed by atoms with Crippen LogP contribution in [0.5, 0.6) is 0 Å². The Balaban J connectivity index is -0.000000563. The van der Waals surface area contributed by atoms with Gasteiger partial charge in [0.05, 0.1) is 14.0 Å². The molecule has 0 heterocycles. The summed E-state index contributed by atoms with van der Waals surface area (Å²) in [6.07, 6.45) is -2.95. The van der Waals surface area contributed by atoms with Gasteiger partial charge in [0.2, 0.25) is 0 Å². The van der Waals surface area contributed by atoms with E-state index >= 15 is 0 Å². The minimum absolute atomic E-state index is 0. The topological polar surface area (TPSA) is 107 Å². The summed E-state index contributed by atoms with van der Waals surface area (Å²) in [5, 5.41) is 36.6. The Morgan fingerprint density at radius 3 is 2.07 bits per heavy atom. The van der Waals surface area contributed by atoms with Gasteiger partial charge in [-0.05, 0) is 5.57 Å². The van der Waals surface area contributed by atoms with Gasteiger partial charge in [-0.25, -0.2) is 0 Å². The largest absolute Gasteiger partial charge is 0.392 e. The molecular weight excluding hydrogens is 258 g/mol. The van der Waals surface area contributed by atoms with Crippen LogP contribution in [0.2, 0.25) is 0 Å². The third-order valence-electron chi connectivity index (χ3n) is 1.94. The average molecular weight is 279 g/mol. The molecule has 1 aliphatic rings. The predicted molar refractivity (Wildman–Crippen MR) is 72.3 cm³/mol. The highest BCUT2D eigenvalue weighted by Gasteiger charge is 2.34. The molecule has 5 nitrogen and oxygen atoms in total. The van der Waals surface area contributed by atoms with Crippen LogP contribution < -0.4 is 5.73 Å². The first-order chi connectivity index (χ1) is 5.95. The van der Waals surface area contributed by atoms with Gasteiger partial charge in [0.1, 0.15) is 18.3 Å². The fraction of sp³-hybridized carbons (Fsp3) is 0.714. The molecule has 6 N–H and O–H groups in total. The molecule has 4 unspecified atom stereocenters. The minimum Gasteiger partial charge on any atom is -0.392 e. The summed E-state index contributed by atoms with van der Waals surface area (Å²) in [7, 11) is 0.